The molecule has 132 valence electrons. The van der Waals surface area contributed by atoms with Gasteiger partial charge < -0.3 is 10.0 Å². The molecule has 2 aromatic carbocycles. The maximum Gasteiger partial charge on any atom is 0.119 e. The molecule has 1 N–H and O–H groups in total. The third kappa shape index (κ3) is 4.55. The van der Waals surface area contributed by atoms with Gasteiger partial charge in [0, 0.05) is 24.6 Å². The first-order valence-corrected chi connectivity index (χ1v) is 8.47. The molecule has 25 heavy (non-hydrogen) atoms. The summed E-state index contributed by atoms with van der Waals surface area (Å²) in [6.45, 7) is 4.18. The zero-order chi connectivity index (χ0) is 17.1. The highest BCUT2D eigenvalue weighted by molar-refractivity contribution is 8.93. The predicted molar refractivity (Wildman–Crippen MR) is 111 cm³/mol. The quantitative estimate of drug-likeness (QED) is 0.733. The molecule has 0 saturated carbocycles. The van der Waals surface area contributed by atoms with Crippen molar-refractivity contribution in [1.29, 1.82) is 0 Å². The molecule has 0 spiro atoms. The monoisotopic (exact) mass is 399 g/mol. The summed E-state index contributed by atoms with van der Waals surface area (Å²) in [4.78, 5) is 2.23. The van der Waals surface area contributed by atoms with Crippen LogP contribution in [-0.2, 0) is 0 Å². The van der Waals surface area contributed by atoms with Gasteiger partial charge in [-0.15, -0.1) is 17.0 Å². The maximum atomic E-state index is 10.5. The molecule has 1 heterocycles. The highest BCUT2D eigenvalue weighted by Gasteiger charge is 2.23. The van der Waals surface area contributed by atoms with Crippen LogP contribution in [0, 0.1) is 13.8 Å². The fraction of sp³-hybridized carbons (Fsp3) is 0.273. The fourth-order valence-corrected chi connectivity index (χ4v) is 3.30. The van der Waals surface area contributed by atoms with E-state index in [0.717, 1.165) is 12.0 Å². The number of halogens is 1. The molecule has 2 nitrogen and oxygen atoms in total. The molecule has 2 unspecified atom stereocenters. The zero-order valence-corrected chi connectivity index (χ0v) is 16.7. The largest absolute Gasteiger partial charge is 0.508 e. The van der Waals surface area contributed by atoms with E-state index in [0.29, 0.717) is 11.8 Å². The number of aryl methyl sites for hydroxylation is 2. The summed E-state index contributed by atoms with van der Waals surface area (Å²) in [7, 11) is 2.10. The Balaban J connectivity index is 0.00000225. The SMILES string of the molecule is Br.Cc1ccc(C(CC2C=CC=CN2C)c2cc(C)ccc2O)cc1. The number of aromatic hydroxyl groups is 1. The molecule has 1 aliphatic heterocycles. The van der Waals surface area contributed by atoms with Crippen molar-refractivity contribution in [3.05, 3.63) is 89.1 Å². The summed E-state index contributed by atoms with van der Waals surface area (Å²) in [6.07, 6.45) is 9.42. The van der Waals surface area contributed by atoms with Crippen LogP contribution in [0.4, 0.5) is 0 Å². The second-order valence-corrected chi connectivity index (χ2v) is 6.72. The van der Waals surface area contributed by atoms with E-state index < -0.39 is 0 Å². The third-order valence-electron chi connectivity index (χ3n) is 4.80. The average molecular weight is 400 g/mol. The van der Waals surface area contributed by atoms with Gasteiger partial charge in [-0.3, -0.25) is 0 Å². The Labute approximate surface area is 161 Å². The molecule has 2 atom stereocenters. The van der Waals surface area contributed by atoms with Crippen molar-refractivity contribution in [3.8, 4) is 5.75 Å². The van der Waals surface area contributed by atoms with Crippen molar-refractivity contribution in [1.82, 2.24) is 4.90 Å². The average Bonchev–Trinajstić information content (AvgIpc) is 2.58. The van der Waals surface area contributed by atoms with Gasteiger partial charge in [-0.1, -0.05) is 59.7 Å². The Morgan fingerprint density at radius 1 is 1.00 bits per heavy atom. The summed E-state index contributed by atoms with van der Waals surface area (Å²) in [5, 5.41) is 10.5. The highest BCUT2D eigenvalue weighted by atomic mass is 79.9. The minimum Gasteiger partial charge on any atom is -0.508 e. The Kier molecular flexibility index (Phi) is 6.49. The second-order valence-electron chi connectivity index (χ2n) is 6.72. The maximum absolute atomic E-state index is 10.5. The van der Waals surface area contributed by atoms with Gasteiger partial charge in [0.05, 0.1) is 0 Å². The van der Waals surface area contributed by atoms with E-state index >= 15 is 0 Å². The predicted octanol–water partition coefficient (Wildman–Crippen LogP) is 5.49. The molecular formula is C22H26BrNO. The van der Waals surface area contributed by atoms with Crippen molar-refractivity contribution in [2.24, 2.45) is 0 Å². The van der Waals surface area contributed by atoms with Gasteiger partial charge in [-0.2, -0.15) is 0 Å². The van der Waals surface area contributed by atoms with Crippen LogP contribution in [0.3, 0.4) is 0 Å². The van der Waals surface area contributed by atoms with Gasteiger partial charge >= 0.3 is 0 Å². The fourth-order valence-electron chi connectivity index (χ4n) is 3.30. The Hall–Kier alpha value is -2.00. The number of benzene rings is 2. The van der Waals surface area contributed by atoms with E-state index in [2.05, 4.69) is 80.6 Å². The van der Waals surface area contributed by atoms with Crippen LogP contribution in [0.15, 0.2) is 66.9 Å². The minimum atomic E-state index is 0. The lowest BCUT2D eigenvalue weighted by atomic mass is 9.84. The van der Waals surface area contributed by atoms with Crippen LogP contribution in [0.25, 0.3) is 0 Å². The third-order valence-corrected chi connectivity index (χ3v) is 4.80. The number of nitrogens with zero attached hydrogens (tertiary/aromatic N) is 1. The van der Waals surface area contributed by atoms with E-state index in [1.165, 1.54) is 16.7 Å². The topological polar surface area (TPSA) is 23.5 Å². The van der Waals surface area contributed by atoms with Gasteiger partial charge in [0.25, 0.3) is 0 Å². The molecule has 3 heteroatoms. The molecule has 0 fully saturated rings. The minimum absolute atomic E-state index is 0. The van der Waals surface area contributed by atoms with Gasteiger partial charge in [0.15, 0.2) is 0 Å². The summed E-state index contributed by atoms with van der Waals surface area (Å²) < 4.78 is 0. The summed E-state index contributed by atoms with van der Waals surface area (Å²) in [5.74, 6) is 0.540. The lowest BCUT2D eigenvalue weighted by molar-refractivity contribution is 0.348. The van der Waals surface area contributed by atoms with Crippen molar-refractivity contribution >= 4 is 17.0 Å². The number of rotatable bonds is 4. The summed E-state index contributed by atoms with van der Waals surface area (Å²) >= 11 is 0. The van der Waals surface area contributed by atoms with E-state index in [9.17, 15) is 5.11 Å². The number of hydrogen-bond donors (Lipinski definition) is 1. The molecule has 0 radical (unpaired) electrons. The Bertz CT molecular complexity index is 764. The number of phenols is 1. The van der Waals surface area contributed by atoms with Crippen LogP contribution < -0.4 is 0 Å². The Morgan fingerprint density at radius 2 is 1.68 bits per heavy atom. The lowest BCUT2D eigenvalue weighted by Crippen LogP contribution is -2.28. The zero-order valence-electron chi connectivity index (χ0n) is 15.0. The molecule has 2 aromatic rings. The van der Waals surface area contributed by atoms with Crippen molar-refractivity contribution in [3.63, 3.8) is 0 Å². The van der Waals surface area contributed by atoms with Gasteiger partial charge in [-0.25, -0.2) is 0 Å². The highest BCUT2D eigenvalue weighted by Crippen LogP contribution is 2.36. The first kappa shape index (κ1) is 19.3. The molecule has 0 bridgehead atoms. The standard InChI is InChI=1S/C22H25NO.BrH/c1-16-7-10-18(11-8-16)20(15-19-6-4-5-13-23(19)3)21-14-17(2)9-12-22(21)24;/h4-14,19-20,24H,15H2,1-3H3;1H. The van der Waals surface area contributed by atoms with Crippen LogP contribution >= 0.6 is 17.0 Å². The van der Waals surface area contributed by atoms with Crippen LogP contribution in [0.2, 0.25) is 0 Å². The summed E-state index contributed by atoms with van der Waals surface area (Å²) in [6, 6.07) is 14.9. The van der Waals surface area contributed by atoms with E-state index in [1.807, 2.05) is 12.1 Å². The number of phenolic OH excluding ortho intramolecular Hbond substituents is 1. The molecule has 0 saturated heterocycles. The van der Waals surface area contributed by atoms with E-state index in [-0.39, 0.29) is 22.9 Å². The Morgan fingerprint density at radius 3 is 2.36 bits per heavy atom. The molecule has 0 aliphatic carbocycles. The van der Waals surface area contributed by atoms with Crippen molar-refractivity contribution < 1.29 is 5.11 Å². The van der Waals surface area contributed by atoms with Crippen LogP contribution in [-0.4, -0.2) is 23.1 Å². The molecule has 3 rings (SSSR count). The number of hydrogen-bond acceptors (Lipinski definition) is 2. The van der Waals surface area contributed by atoms with Gasteiger partial charge in [0.2, 0.25) is 0 Å². The lowest BCUT2D eigenvalue weighted by Gasteiger charge is -2.30. The van der Waals surface area contributed by atoms with Crippen LogP contribution in [0.5, 0.6) is 5.75 Å². The van der Waals surface area contributed by atoms with Crippen molar-refractivity contribution in [2.45, 2.75) is 32.2 Å². The van der Waals surface area contributed by atoms with Crippen LogP contribution in [0.1, 0.15) is 34.6 Å². The van der Waals surface area contributed by atoms with Gasteiger partial charge in [0.1, 0.15) is 5.75 Å². The smallest absolute Gasteiger partial charge is 0.119 e. The molecule has 1 aliphatic rings. The first-order chi connectivity index (χ1) is 11.5. The number of likely N-dealkylation sites (N-methyl/N-ethyl adjacent to an activating group) is 1. The molecule has 0 aromatic heterocycles. The van der Waals surface area contributed by atoms with Crippen molar-refractivity contribution in [2.75, 3.05) is 7.05 Å². The normalized spacial score (nSPS) is 17.2. The second kappa shape index (κ2) is 8.39. The van der Waals surface area contributed by atoms with E-state index in [1.54, 1.807) is 0 Å². The van der Waals surface area contributed by atoms with E-state index in [4.69, 9.17) is 0 Å². The number of allylic oxidation sites excluding steroid dienone is 2. The summed E-state index contributed by atoms with van der Waals surface area (Å²) in [5.41, 5.74) is 4.68. The molecule has 0 amide bonds. The first-order valence-electron chi connectivity index (χ1n) is 8.47. The molecular weight excluding hydrogens is 374 g/mol. The van der Waals surface area contributed by atoms with Gasteiger partial charge in [-0.05, 0) is 44.2 Å².